The van der Waals surface area contributed by atoms with Gasteiger partial charge in [0.25, 0.3) is 0 Å². The number of carbonyl (C=O) groups is 1. The van der Waals surface area contributed by atoms with E-state index in [-0.39, 0.29) is 23.5 Å². The van der Waals surface area contributed by atoms with Crippen molar-refractivity contribution in [3.05, 3.63) is 116 Å². The molecule has 1 nitrogen and oxygen atoms in total. The van der Waals surface area contributed by atoms with Gasteiger partial charge in [-0.15, -0.1) is 0 Å². The van der Waals surface area contributed by atoms with Crippen LogP contribution in [0.15, 0.2) is 89.0 Å². The van der Waals surface area contributed by atoms with Crippen LogP contribution in [0.3, 0.4) is 0 Å². The van der Waals surface area contributed by atoms with Gasteiger partial charge in [0.1, 0.15) is 0 Å². The number of benzene rings is 4. The number of hydrogen-bond acceptors (Lipinski definition) is 1. The van der Waals surface area contributed by atoms with Crippen LogP contribution in [0, 0.1) is 11.8 Å². The molecule has 3 unspecified atom stereocenters. The molecular weight excluding hydrogens is 460 g/mol. The molecule has 0 N–H and O–H groups in total. The first-order valence-corrected chi connectivity index (χ1v) is 13.2. The zero-order valence-corrected chi connectivity index (χ0v) is 20.3. The molecule has 36 heavy (non-hydrogen) atoms. The molecule has 5 aliphatic rings. The minimum absolute atomic E-state index is 0.0800. The maximum atomic E-state index is 13.2. The van der Waals surface area contributed by atoms with E-state index in [1.54, 1.807) is 6.08 Å². The summed E-state index contributed by atoms with van der Waals surface area (Å²) in [4.78, 5) is 13.2. The molecule has 2 heteroatoms. The molecule has 0 heterocycles. The second kappa shape index (κ2) is 6.55. The van der Waals surface area contributed by atoms with E-state index in [0.717, 1.165) is 12.8 Å². The number of hydrogen-bond donors (Lipinski definition) is 0. The van der Waals surface area contributed by atoms with Gasteiger partial charge in [-0.25, -0.2) is 0 Å². The third kappa shape index (κ3) is 2.22. The Kier molecular flexibility index (Phi) is 3.55. The average Bonchev–Trinajstić information content (AvgIpc) is 2.92. The molecule has 3 atom stereocenters. The fourth-order valence-electron chi connectivity index (χ4n) is 7.88. The van der Waals surface area contributed by atoms with Gasteiger partial charge in [0.2, 0.25) is 0 Å². The van der Waals surface area contributed by atoms with Gasteiger partial charge < -0.3 is 0 Å². The van der Waals surface area contributed by atoms with Crippen LogP contribution < -0.4 is 5.22 Å². The average molecular weight is 481 g/mol. The second-order valence-corrected chi connectivity index (χ2v) is 11.3. The number of carbonyl (C=O) groups excluding carboxylic acids is 1. The van der Waals surface area contributed by atoms with Gasteiger partial charge >= 0.3 is 0 Å². The van der Waals surface area contributed by atoms with Crippen molar-refractivity contribution >= 4 is 51.1 Å². The number of halogens is 1. The van der Waals surface area contributed by atoms with Crippen molar-refractivity contribution in [1.82, 2.24) is 0 Å². The Morgan fingerprint density at radius 1 is 0.722 bits per heavy atom. The van der Waals surface area contributed by atoms with Crippen LogP contribution in [0.4, 0.5) is 0 Å². The highest BCUT2D eigenvalue weighted by molar-refractivity contribution is 6.43. The smallest absolute Gasteiger partial charge is 0.181 e. The molecule has 1 fully saturated rings. The predicted molar refractivity (Wildman–Crippen MR) is 148 cm³/mol. The summed E-state index contributed by atoms with van der Waals surface area (Å²) < 4.78 is 0. The van der Waals surface area contributed by atoms with E-state index < -0.39 is 0 Å². The summed E-state index contributed by atoms with van der Waals surface area (Å²) in [5.74, 6) is 0.281. The summed E-state index contributed by atoms with van der Waals surface area (Å²) in [5, 5.41) is 7.17. The highest BCUT2D eigenvalue weighted by Gasteiger charge is 2.46. The number of ketones is 1. The Morgan fingerprint density at radius 3 is 2.50 bits per heavy atom. The third-order valence-electron chi connectivity index (χ3n) is 9.29. The van der Waals surface area contributed by atoms with Crippen LogP contribution in [-0.2, 0) is 11.2 Å². The maximum absolute atomic E-state index is 13.2. The first-order valence-electron chi connectivity index (χ1n) is 12.8. The zero-order chi connectivity index (χ0) is 23.7. The largest absolute Gasteiger partial charge is 0.292 e. The normalized spacial score (nSPS) is 24.4. The van der Waals surface area contributed by atoms with Crippen LogP contribution in [0.1, 0.15) is 34.6 Å². The number of allylic oxidation sites excluding steroid dienone is 7. The fourth-order valence-corrected chi connectivity index (χ4v) is 8.06. The van der Waals surface area contributed by atoms with Crippen molar-refractivity contribution in [2.45, 2.75) is 18.8 Å². The highest BCUT2D eigenvalue weighted by atomic mass is 35.5. The molecule has 4 aromatic rings. The molecule has 0 aromatic heterocycles. The SMILES string of the molecule is O=C1C(Cl)=CC=C2CC3=CC=c4c5c(c6ccc7c8c(ccc4c68)Cc4ccccc4-7)C=CC(C12)C35. The van der Waals surface area contributed by atoms with E-state index in [0.29, 0.717) is 5.03 Å². The summed E-state index contributed by atoms with van der Waals surface area (Å²) in [5.41, 5.74) is 10.9. The van der Waals surface area contributed by atoms with Gasteiger partial charge in [-0.3, -0.25) is 4.79 Å². The summed E-state index contributed by atoms with van der Waals surface area (Å²) in [6.07, 6.45) is 15.0. The fraction of sp³-hybridized carbons (Fsp3) is 0.147. The minimum Gasteiger partial charge on any atom is -0.292 e. The lowest BCUT2D eigenvalue weighted by Gasteiger charge is -2.44. The van der Waals surface area contributed by atoms with E-state index >= 15 is 0 Å². The summed E-state index contributed by atoms with van der Waals surface area (Å²) in [6.45, 7) is 0. The van der Waals surface area contributed by atoms with Gasteiger partial charge in [-0.05, 0) is 79.1 Å². The minimum atomic E-state index is -0.150. The molecular formula is C34H21ClO. The Labute approximate surface area is 213 Å². The summed E-state index contributed by atoms with van der Waals surface area (Å²) in [6, 6.07) is 18.2. The Bertz CT molecular complexity index is 1930. The lowest BCUT2D eigenvalue weighted by atomic mass is 9.58. The van der Waals surface area contributed by atoms with Crippen LogP contribution in [0.5, 0.6) is 0 Å². The first kappa shape index (κ1) is 19.5. The lowest BCUT2D eigenvalue weighted by Crippen LogP contribution is -2.40. The van der Waals surface area contributed by atoms with Gasteiger partial charge in [0.05, 0.1) is 11.0 Å². The Morgan fingerprint density at radius 2 is 1.56 bits per heavy atom. The summed E-state index contributed by atoms with van der Waals surface area (Å²) >= 11 is 6.35. The molecule has 0 spiro atoms. The molecule has 5 aliphatic carbocycles. The molecule has 170 valence electrons. The molecule has 4 aromatic carbocycles. The van der Waals surface area contributed by atoms with Crippen LogP contribution in [-0.4, -0.2) is 5.78 Å². The van der Waals surface area contributed by atoms with E-state index in [1.807, 2.05) is 0 Å². The molecule has 0 bridgehead atoms. The second-order valence-electron chi connectivity index (χ2n) is 10.9. The monoisotopic (exact) mass is 480 g/mol. The number of Topliss-reactive ketones (excluding diaryl/α,β-unsaturated/α-hetero) is 1. The van der Waals surface area contributed by atoms with Crippen molar-refractivity contribution in [3.63, 3.8) is 0 Å². The highest BCUT2D eigenvalue weighted by Crippen LogP contribution is 2.55. The zero-order valence-electron chi connectivity index (χ0n) is 19.5. The standard InChI is InChI=1S/C34H21ClO/c35-28-14-7-20-16-19-6-9-24-23-8-5-18-15-17-3-1-2-4-21(17)22-10-11-25(32(23)29(18)22)26-12-13-27(30(19)33(24)26)31(20)34(28)36/h1-14,27,30-31H,15-16H2. The molecule has 9 rings (SSSR count). The van der Waals surface area contributed by atoms with Gasteiger partial charge in [-0.1, -0.05) is 102 Å². The predicted octanol–water partition coefficient (Wildman–Crippen LogP) is 7.38. The molecule has 1 saturated carbocycles. The van der Waals surface area contributed by atoms with Crippen molar-refractivity contribution in [2.24, 2.45) is 11.8 Å². The van der Waals surface area contributed by atoms with Crippen LogP contribution in [0.2, 0.25) is 0 Å². The molecule has 0 radical (unpaired) electrons. The van der Waals surface area contributed by atoms with E-state index in [9.17, 15) is 4.79 Å². The summed E-state index contributed by atoms with van der Waals surface area (Å²) in [7, 11) is 0. The maximum Gasteiger partial charge on any atom is 0.181 e. The van der Waals surface area contributed by atoms with Crippen molar-refractivity contribution < 1.29 is 4.79 Å². The van der Waals surface area contributed by atoms with E-state index in [2.05, 4.69) is 78.9 Å². The van der Waals surface area contributed by atoms with Gasteiger partial charge in [0, 0.05) is 11.8 Å². The van der Waals surface area contributed by atoms with Crippen molar-refractivity contribution in [1.29, 1.82) is 0 Å². The number of fused-ring (bicyclic) bond motifs is 6. The van der Waals surface area contributed by atoms with Crippen molar-refractivity contribution in [3.8, 4) is 11.1 Å². The topological polar surface area (TPSA) is 17.1 Å². The van der Waals surface area contributed by atoms with Gasteiger partial charge in [0.15, 0.2) is 5.78 Å². The Hall–Kier alpha value is -3.68. The molecule has 0 amide bonds. The molecule has 0 aliphatic heterocycles. The van der Waals surface area contributed by atoms with E-state index in [4.69, 9.17) is 11.6 Å². The lowest BCUT2D eigenvalue weighted by molar-refractivity contribution is -0.119. The van der Waals surface area contributed by atoms with Gasteiger partial charge in [-0.2, -0.15) is 0 Å². The third-order valence-corrected chi connectivity index (χ3v) is 9.61. The van der Waals surface area contributed by atoms with Crippen LogP contribution in [0.25, 0.3) is 44.8 Å². The molecule has 0 saturated heterocycles. The van der Waals surface area contributed by atoms with Crippen molar-refractivity contribution in [2.75, 3.05) is 0 Å². The Balaban J connectivity index is 1.38. The first-order chi connectivity index (χ1) is 17.7. The quantitative estimate of drug-likeness (QED) is 0.226. The van der Waals surface area contributed by atoms with Crippen LogP contribution >= 0.6 is 11.6 Å². The van der Waals surface area contributed by atoms with E-state index in [1.165, 1.54) is 71.3 Å². The number of rotatable bonds is 0.